The van der Waals surface area contributed by atoms with Crippen molar-refractivity contribution in [2.24, 2.45) is 0 Å². The van der Waals surface area contributed by atoms with E-state index in [9.17, 15) is 4.79 Å². The largest absolute Gasteiger partial charge is 0.347 e. The summed E-state index contributed by atoms with van der Waals surface area (Å²) in [6, 6.07) is 7.33. The number of imidazole rings is 1. The third-order valence-corrected chi connectivity index (χ3v) is 3.87. The molecule has 0 aliphatic rings. The zero-order chi connectivity index (χ0) is 14.7. The normalized spacial score (nSPS) is 11.3. The van der Waals surface area contributed by atoms with Gasteiger partial charge in [0.2, 0.25) is 5.91 Å². The summed E-state index contributed by atoms with van der Waals surface area (Å²) < 4.78 is 1.94. The third-order valence-electron chi connectivity index (χ3n) is 2.86. The molecule has 1 aromatic carbocycles. The lowest BCUT2D eigenvalue weighted by Crippen LogP contribution is -2.20. The average Bonchev–Trinajstić information content (AvgIpc) is 3.04. The number of benzene rings is 1. The van der Waals surface area contributed by atoms with E-state index in [1.54, 1.807) is 29.5 Å². The number of rotatable bonds is 4. The molecule has 1 amide bonds. The molecule has 0 fully saturated rings. The first kappa shape index (κ1) is 13.9. The second-order valence-corrected chi connectivity index (χ2v) is 5.74. The molecule has 0 bridgehead atoms. The van der Waals surface area contributed by atoms with Gasteiger partial charge in [-0.2, -0.15) is 0 Å². The van der Waals surface area contributed by atoms with Crippen LogP contribution in [0.3, 0.4) is 0 Å². The van der Waals surface area contributed by atoms with Gasteiger partial charge in [0, 0.05) is 28.9 Å². The minimum absolute atomic E-state index is 0.161. The Balaban J connectivity index is 1.57. The summed E-state index contributed by atoms with van der Waals surface area (Å²) in [6.07, 6.45) is 7.07. The van der Waals surface area contributed by atoms with Crippen LogP contribution in [0.2, 0.25) is 5.02 Å². The van der Waals surface area contributed by atoms with Gasteiger partial charge >= 0.3 is 0 Å². The molecule has 0 aliphatic heterocycles. The number of carbonyl (C=O) groups is 1. The number of nitrogens with zero attached hydrogens (tertiary/aromatic N) is 2. The summed E-state index contributed by atoms with van der Waals surface area (Å²) in [7, 11) is 0. The predicted molar refractivity (Wildman–Crippen MR) is 85.4 cm³/mol. The fourth-order valence-electron chi connectivity index (χ4n) is 1.88. The molecule has 4 nitrogen and oxygen atoms in total. The second kappa shape index (κ2) is 6.11. The van der Waals surface area contributed by atoms with Crippen LogP contribution in [-0.4, -0.2) is 15.3 Å². The molecular weight excluding hydrogens is 306 g/mol. The predicted octanol–water partition coefficient (Wildman–Crippen LogP) is 3.38. The molecule has 0 spiro atoms. The summed E-state index contributed by atoms with van der Waals surface area (Å²) in [5, 5.41) is 5.42. The van der Waals surface area contributed by atoms with E-state index in [-0.39, 0.29) is 5.91 Å². The lowest BCUT2D eigenvalue weighted by molar-refractivity contribution is -0.116. The molecule has 106 valence electrons. The van der Waals surface area contributed by atoms with Crippen molar-refractivity contribution in [3.05, 3.63) is 64.4 Å². The number of nitrogens with one attached hydrogen (secondary N) is 1. The Morgan fingerprint density at radius 1 is 1.48 bits per heavy atom. The van der Waals surface area contributed by atoms with Gasteiger partial charge in [-0.25, -0.2) is 4.98 Å². The third kappa shape index (κ3) is 3.51. The first-order valence-corrected chi connectivity index (χ1v) is 7.59. The van der Waals surface area contributed by atoms with Gasteiger partial charge in [-0.15, -0.1) is 11.3 Å². The van der Waals surface area contributed by atoms with Crippen LogP contribution in [0.4, 0.5) is 0 Å². The smallest absolute Gasteiger partial charge is 0.244 e. The molecule has 0 radical (unpaired) electrons. The summed E-state index contributed by atoms with van der Waals surface area (Å²) in [5.74, 6) is -0.161. The Morgan fingerprint density at radius 3 is 3.19 bits per heavy atom. The maximum Gasteiger partial charge on any atom is 0.244 e. The van der Waals surface area contributed by atoms with E-state index >= 15 is 0 Å². The van der Waals surface area contributed by atoms with E-state index in [1.807, 2.05) is 34.3 Å². The van der Waals surface area contributed by atoms with Crippen molar-refractivity contribution in [2.75, 3.05) is 0 Å². The van der Waals surface area contributed by atoms with Crippen molar-refractivity contribution >= 4 is 39.9 Å². The Labute approximate surface area is 130 Å². The number of carbonyl (C=O) groups excluding carboxylic acids is 1. The van der Waals surface area contributed by atoms with Gasteiger partial charge in [-0.3, -0.25) is 9.20 Å². The van der Waals surface area contributed by atoms with Crippen molar-refractivity contribution < 1.29 is 4.79 Å². The molecule has 0 saturated carbocycles. The van der Waals surface area contributed by atoms with Crippen molar-refractivity contribution in [3.8, 4) is 0 Å². The van der Waals surface area contributed by atoms with Crippen LogP contribution in [0.25, 0.3) is 11.0 Å². The zero-order valence-electron chi connectivity index (χ0n) is 11.0. The second-order valence-electron chi connectivity index (χ2n) is 4.43. The van der Waals surface area contributed by atoms with Crippen LogP contribution in [0.5, 0.6) is 0 Å². The van der Waals surface area contributed by atoms with E-state index < -0.39 is 0 Å². The van der Waals surface area contributed by atoms with E-state index in [1.165, 1.54) is 6.08 Å². The van der Waals surface area contributed by atoms with Gasteiger partial charge in [0.15, 0.2) is 4.96 Å². The number of aromatic nitrogens is 2. The highest BCUT2D eigenvalue weighted by Gasteiger charge is 2.03. The molecule has 2 aromatic heterocycles. The van der Waals surface area contributed by atoms with E-state index in [0.717, 1.165) is 16.2 Å². The maximum absolute atomic E-state index is 11.8. The summed E-state index contributed by atoms with van der Waals surface area (Å²) >= 11 is 7.45. The van der Waals surface area contributed by atoms with E-state index in [4.69, 9.17) is 11.6 Å². The Bertz CT molecular complexity index is 777. The molecule has 21 heavy (non-hydrogen) atoms. The van der Waals surface area contributed by atoms with Gasteiger partial charge < -0.3 is 5.32 Å². The highest BCUT2D eigenvalue weighted by atomic mass is 35.5. The van der Waals surface area contributed by atoms with E-state index in [0.29, 0.717) is 11.6 Å². The van der Waals surface area contributed by atoms with Gasteiger partial charge in [0.25, 0.3) is 0 Å². The van der Waals surface area contributed by atoms with Crippen LogP contribution in [0.15, 0.2) is 48.1 Å². The number of hydrogen-bond donors (Lipinski definition) is 1. The number of fused-ring (bicyclic) bond motifs is 1. The van der Waals surface area contributed by atoms with Gasteiger partial charge in [-0.05, 0) is 23.8 Å². The SMILES string of the molecule is O=C(/C=C/c1cccc(Cl)c1)NCc1cn2ccsc2n1. The van der Waals surface area contributed by atoms with Crippen LogP contribution < -0.4 is 5.32 Å². The van der Waals surface area contributed by atoms with Crippen molar-refractivity contribution in [1.82, 2.24) is 14.7 Å². The van der Waals surface area contributed by atoms with E-state index in [2.05, 4.69) is 10.3 Å². The highest BCUT2D eigenvalue weighted by Crippen LogP contribution is 2.12. The maximum atomic E-state index is 11.8. The van der Waals surface area contributed by atoms with Gasteiger partial charge in [0.1, 0.15) is 0 Å². The molecule has 6 heteroatoms. The molecule has 2 heterocycles. The molecular formula is C15H12ClN3OS. The zero-order valence-corrected chi connectivity index (χ0v) is 12.6. The fourth-order valence-corrected chi connectivity index (χ4v) is 2.80. The molecule has 1 N–H and O–H groups in total. The first-order chi connectivity index (χ1) is 10.2. The summed E-state index contributed by atoms with van der Waals surface area (Å²) in [6.45, 7) is 0.410. The monoisotopic (exact) mass is 317 g/mol. The summed E-state index contributed by atoms with van der Waals surface area (Å²) in [4.78, 5) is 17.1. The quantitative estimate of drug-likeness (QED) is 0.750. The molecule has 0 aliphatic carbocycles. The number of amides is 1. The highest BCUT2D eigenvalue weighted by molar-refractivity contribution is 7.15. The van der Waals surface area contributed by atoms with Crippen LogP contribution >= 0.6 is 22.9 Å². The number of halogens is 1. The minimum Gasteiger partial charge on any atom is -0.347 e. The van der Waals surface area contributed by atoms with Crippen molar-refractivity contribution in [3.63, 3.8) is 0 Å². The average molecular weight is 318 g/mol. The van der Waals surface area contributed by atoms with Crippen molar-refractivity contribution in [1.29, 1.82) is 0 Å². The lowest BCUT2D eigenvalue weighted by Gasteiger charge is -1.98. The Kier molecular flexibility index (Phi) is 4.03. The Morgan fingerprint density at radius 2 is 2.38 bits per heavy atom. The molecule has 3 rings (SSSR count). The topological polar surface area (TPSA) is 46.4 Å². The number of thiazole rings is 1. The van der Waals surface area contributed by atoms with Crippen LogP contribution in [-0.2, 0) is 11.3 Å². The first-order valence-electron chi connectivity index (χ1n) is 6.33. The molecule has 0 saturated heterocycles. The van der Waals surface area contributed by atoms with Gasteiger partial charge in [-0.1, -0.05) is 23.7 Å². The Hall–Kier alpha value is -2.11. The van der Waals surface area contributed by atoms with Gasteiger partial charge in [0.05, 0.1) is 12.2 Å². The van der Waals surface area contributed by atoms with Crippen LogP contribution in [0.1, 0.15) is 11.3 Å². The lowest BCUT2D eigenvalue weighted by atomic mass is 10.2. The standard InChI is InChI=1S/C15H12ClN3OS/c16-12-3-1-2-11(8-12)4-5-14(20)17-9-13-10-19-6-7-21-15(19)18-13/h1-8,10H,9H2,(H,17,20)/b5-4+. The molecule has 0 unspecified atom stereocenters. The molecule has 0 atom stereocenters. The number of hydrogen-bond acceptors (Lipinski definition) is 3. The molecule has 3 aromatic rings. The van der Waals surface area contributed by atoms with Crippen molar-refractivity contribution in [2.45, 2.75) is 6.54 Å². The minimum atomic E-state index is -0.161. The fraction of sp³-hybridized carbons (Fsp3) is 0.0667. The summed E-state index contributed by atoms with van der Waals surface area (Å²) in [5.41, 5.74) is 1.73. The van der Waals surface area contributed by atoms with Crippen LogP contribution in [0, 0.1) is 0 Å².